The quantitative estimate of drug-likeness (QED) is 0.404. The van der Waals surface area contributed by atoms with E-state index in [9.17, 15) is 10.1 Å². The highest BCUT2D eigenvalue weighted by molar-refractivity contribution is 7.71. The first-order chi connectivity index (χ1) is 5.65. The number of nitro groups is 1. The van der Waals surface area contributed by atoms with Crippen LogP contribution in [0.1, 0.15) is 5.56 Å². The number of hydrogen-bond donors (Lipinski definition) is 1. The van der Waals surface area contributed by atoms with E-state index in [1.807, 2.05) is 0 Å². The van der Waals surface area contributed by atoms with Crippen LogP contribution in [0.15, 0.2) is 12.3 Å². The Morgan fingerprint density at radius 3 is 2.92 bits per heavy atom. The Morgan fingerprint density at radius 2 is 2.42 bits per heavy atom. The number of nitrogens with zero attached hydrogens (tertiary/aromatic N) is 2. The molecule has 0 aliphatic rings. The van der Waals surface area contributed by atoms with E-state index in [0.717, 1.165) is 6.20 Å². The fourth-order valence-corrected chi connectivity index (χ4v) is 0.881. The molecule has 12 heavy (non-hydrogen) atoms. The first kappa shape index (κ1) is 8.36. The van der Waals surface area contributed by atoms with Gasteiger partial charge in [-0.05, 0) is 6.07 Å². The largest absolute Gasteiger partial charge is 0.347 e. The molecule has 0 aromatic carbocycles. The van der Waals surface area contributed by atoms with Crippen LogP contribution in [0.25, 0.3) is 0 Å². The molecule has 0 aliphatic carbocycles. The maximum atomic E-state index is 10.3. The molecule has 60 valence electrons. The van der Waals surface area contributed by atoms with Gasteiger partial charge in [0, 0.05) is 0 Å². The fourth-order valence-electron chi connectivity index (χ4n) is 0.705. The number of aromatic amines is 1. The zero-order valence-corrected chi connectivity index (χ0v) is 6.59. The van der Waals surface area contributed by atoms with Crippen molar-refractivity contribution in [2.45, 2.75) is 0 Å². The lowest BCUT2D eigenvalue weighted by atomic mass is 10.2. The van der Waals surface area contributed by atoms with Crippen molar-refractivity contribution in [3.8, 4) is 6.07 Å². The molecule has 0 bridgehead atoms. The summed E-state index contributed by atoms with van der Waals surface area (Å²) in [6, 6.07) is 2.95. The SMILES string of the molecule is N#Cc1cc(=S)[nH]cc1[N+](=O)[O-]. The van der Waals surface area contributed by atoms with Gasteiger partial charge in [0.1, 0.15) is 16.3 Å². The Bertz CT molecular complexity index is 418. The molecule has 1 aromatic rings. The zero-order chi connectivity index (χ0) is 9.14. The maximum absolute atomic E-state index is 10.3. The fraction of sp³-hybridized carbons (Fsp3) is 0. The van der Waals surface area contributed by atoms with Gasteiger partial charge in [0.15, 0.2) is 0 Å². The van der Waals surface area contributed by atoms with Gasteiger partial charge in [-0.2, -0.15) is 5.26 Å². The minimum Gasteiger partial charge on any atom is -0.347 e. The molecule has 0 spiro atoms. The number of hydrogen-bond acceptors (Lipinski definition) is 4. The van der Waals surface area contributed by atoms with Crippen LogP contribution in [0, 0.1) is 26.1 Å². The summed E-state index contributed by atoms with van der Waals surface area (Å²) in [6.45, 7) is 0. The lowest BCUT2D eigenvalue weighted by Crippen LogP contribution is -1.93. The van der Waals surface area contributed by atoms with Gasteiger partial charge in [0.2, 0.25) is 0 Å². The standard InChI is InChI=1S/C6H3N3O2S/c7-2-4-1-6(12)8-3-5(4)9(10)11/h1,3H,(H,8,12). The summed E-state index contributed by atoms with van der Waals surface area (Å²) >= 11 is 4.68. The molecule has 1 aromatic heterocycles. The van der Waals surface area contributed by atoms with E-state index in [1.54, 1.807) is 6.07 Å². The number of aromatic nitrogens is 1. The van der Waals surface area contributed by atoms with Gasteiger partial charge in [-0.15, -0.1) is 0 Å². The Morgan fingerprint density at radius 1 is 1.75 bits per heavy atom. The van der Waals surface area contributed by atoms with Crippen molar-refractivity contribution >= 4 is 17.9 Å². The normalized spacial score (nSPS) is 8.92. The third-order valence-corrected chi connectivity index (χ3v) is 1.46. The van der Waals surface area contributed by atoms with Gasteiger partial charge < -0.3 is 4.98 Å². The smallest absolute Gasteiger partial charge is 0.303 e. The van der Waals surface area contributed by atoms with Gasteiger partial charge in [-0.1, -0.05) is 12.2 Å². The number of rotatable bonds is 1. The first-order valence-electron chi connectivity index (χ1n) is 2.92. The molecule has 1 N–H and O–H groups in total. The van der Waals surface area contributed by atoms with Gasteiger partial charge >= 0.3 is 5.69 Å². The lowest BCUT2D eigenvalue weighted by Gasteiger charge is -1.91. The average molecular weight is 181 g/mol. The predicted octanol–water partition coefficient (Wildman–Crippen LogP) is 1.52. The molecule has 0 amide bonds. The third kappa shape index (κ3) is 1.46. The van der Waals surface area contributed by atoms with Crippen LogP contribution in [0.3, 0.4) is 0 Å². The lowest BCUT2D eigenvalue weighted by molar-refractivity contribution is -0.385. The molecule has 0 saturated heterocycles. The zero-order valence-electron chi connectivity index (χ0n) is 5.77. The van der Waals surface area contributed by atoms with Crippen LogP contribution in [0.5, 0.6) is 0 Å². The van der Waals surface area contributed by atoms with Gasteiger partial charge in [0.25, 0.3) is 0 Å². The summed E-state index contributed by atoms with van der Waals surface area (Å²) < 4.78 is 0.303. The Labute approximate surface area is 72.4 Å². The summed E-state index contributed by atoms with van der Waals surface area (Å²) in [7, 11) is 0. The molecular formula is C6H3N3O2S. The predicted molar refractivity (Wildman–Crippen MR) is 43.0 cm³/mol. The molecule has 5 nitrogen and oxygen atoms in total. The molecule has 6 heteroatoms. The summed E-state index contributed by atoms with van der Waals surface area (Å²) in [4.78, 5) is 12.1. The number of nitrogens with one attached hydrogen (secondary N) is 1. The first-order valence-corrected chi connectivity index (χ1v) is 3.33. The molecule has 0 radical (unpaired) electrons. The second-order valence-corrected chi connectivity index (χ2v) is 2.40. The Hall–Kier alpha value is -1.74. The average Bonchev–Trinajstić information content (AvgIpc) is 2.03. The molecular weight excluding hydrogens is 178 g/mol. The van der Waals surface area contributed by atoms with Crippen molar-refractivity contribution in [1.29, 1.82) is 5.26 Å². The van der Waals surface area contributed by atoms with E-state index in [-0.39, 0.29) is 11.3 Å². The summed E-state index contributed by atoms with van der Waals surface area (Å²) in [6.07, 6.45) is 1.11. The van der Waals surface area contributed by atoms with Crippen molar-refractivity contribution in [2.24, 2.45) is 0 Å². The highest BCUT2D eigenvalue weighted by Crippen LogP contribution is 2.14. The van der Waals surface area contributed by atoms with Crippen LogP contribution < -0.4 is 0 Å². The summed E-state index contributed by atoms with van der Waals surface area (Å²) in [5.74, 6) is 0. The van der Waals surface area contributed by atoms with E-state index < -0.39 is 4.92 Å². The minimum absolute atomic E-state index is 0.0243. The Kier molecular flexibility index (Phi) is 2.16. The van der Waals surface area contributed by atoms with E-state index in [1.165, 1.54) is 6.07 Å². The van der Waals surface area contributed by atoms with Crippen LogP contribution in [0.2, 0.25) is 0 Å². The van der Waals surface area contributed by atoms with Crippen molar-refractivity contribution in [3.63, 3.8) is 0 Å². The van der Waals surface area contributed by atoms with Crippen molar-refractivity contribution in [1.82, 2.24) is 4.98 Å². The third-order valence-electron chi connectivity index (χ3n) is 1.22. The molecule has 0 saturated carbocycles. The molecule has 1 rings (SSSR count). The summed E-state index contributed by atoms with van der Waals surface area (Å²) in [5, 5.41) is 18.8. The second kappa shape index (κ2) is 3.11. The maximum Gasteiger partial charge on any atom is 0.303 e. The molecule has 0 aliphatic heterocycles. The molecule has 1 heterocycles. The van der Waals surface area contributed by atoms with Crippen molar-refractivity contribution < 1.29 is 4.92 Å². The van der Waals surface area contributed by atoms with E-state index in [0.29, 0.717) is 4.64 Å². The van der Waals surface area contributed by atoms with Crippen molar-refractivity contribution in [3.05, 3.63) is 32.6 Å². The highest BCUT2D eigenvalue weighted by atomic mass is 32.1. The Balaban J connectivity index is 3.42. The van der Waals surface area contributed by atoms with Gasteiger partial charge in [-0.25, -0.2) is 0 Å². The second-order valence-electron chi connectivity index (χ2n) is 1.97. The monoisotopic (exact) mass is 181 g/mol. The van der Waals surface area contributed by atoms with E-state index in [2.05, 4.69) is 17.2 Å². The molecule has 0 fully saturated rings. The van der Waals surface area contributed by atoms with E-state index >= 15 is 0 Å². The minimum atomic E-state index is -0.635. The van der Waals surface area contributed by atoms with Gasteiger partial charge in [-0.3, -0.25) is 10.1 Å². The molecule has 0 unspecified atom stereocenters. The topological polar surface area (TPSA) is 82.7 Å². The van der Waals surface area contributed by atoms with Gasteiger partial charge in [0.05, 0.1) is 11.1 Å². The number of H-pyrrole nitrogens is 1. The number of nitriles is 1. The summed E-state index contributed by atoms with van der Waals surface area (Å²) in [5.41, 5.74) is -0.283. The van der Waals surface area contributed by atoms with Crippen LogP contribution in [0.4, 0.5) is 5.69 Å². The van der Waals surface area contributed by atoms with Crippen LogP contribution in [-0.4, -0.2) is 9.91 Å². The van der Waals surface area contributed by atoms with E-state index in [4.69, 9.17) is 5.26 Å². The highest BCUT2D eigenvalue weighted by Gasteiger charge is 2.11. The van der Waals surface area contributed by atoms with Crippen LogP contribution >= 0.6 is 12.2 Å². The molecule has 0 atom stereocenters. The van der Waals surface area contributed by atoms with Crippen LogP contribution in [-0.2, 0) is 0 Å². The van der Waals surface area contributed by atoms with Crippen molar-refractivity contribution in [2.75, 3.05) is 0 Å². The number of pyridine rings is 1.